The van der Waals surface area contributed by atoms with Gasteiger partial charge >= 0.3 is 5.69 Å². The molecule has 8 heteroatoms. The molecule has 0 bridgehead atoms. The highest BCUT2D eigenvalue weighted by Crippen LogP contribution is 2.21. The summed E-state index contributed by atoms with van der Waals surface area (Å²) in [4.78, 5) is 42.0. The fraction of sp³-hybridized carbons (Fsp3) is 0.0800. The fourth-order valence-corrected chi connectivity index (χ4v) is 3.41. The number of nitrogen functional groups attached to an aromatic ring is 1. The number of benzene rings is 2. The Labute approximate surface area is 189 Å². The highest BCUT2D eigenvalue weighted by molar-refractivity contribution is 6.05. The highest BCUT2D eigenvalue weighted by Gasteiger charge is 2.24. The van der Waals surface area contributed by atoms with Crippen LogP contribution < -0.4 is 21.9 Å². The van der Waals surface area contributed by atoms with Crippen LogP contribution in [0.25, 0.3) is 6.08 Å². The van der Waals surface area contributed by atoms with Gasteiger partial charge in [-0.3, -0.25) is 24.0 Å². The highest BCUT2D eigenvalue weighted by atomic mass is 16.3. The van der Waals surface area contributed by atoms with Gasteiger partial charge in [0.2, 0.25) is 0 Å². The molecule has 166 valence electrons. The minimum atomic E-state index is -0.755. The number of hydrogen-bond acceptors (Lipinski definition) is 5. The molecule has 0 fully saturated rings. The lowest BCUT2D eigenvalue weighted by Crippen LogP contribution is -2.40. The smallest absolute Gasteiger partial charge is 0.330 e. The fourth-order valence-electron chi connectivity index (χ4n) is 3.41. The monoisotopic (exact) mass is 442 g/mol. The average Bonchev–Trinajstić information content (AvgIpc) is 3.34. The van der Waals surface area contributed by atoms with Crippen LogP contribution >= 0.6 is 0 Å². The van der Waals surface area contributed by atoms with Crippen molar-refractivity contribution in [3.8, 4) is 0 Å². The Morgan fingerprint density at radius 1 is 1.00 bits per heavy atom. The minimum absolute atomic E-state index is 0.0399. The number of furan rings is 1. The lowest BCUT2D eigenvalue weighted by Gasteiger charge is -2.22. The van der Waals surface area contributed by atoms with Crippen LogP contribution in [-0.4, -0.2) is 15.5 Å². The van der Waals surface area contributed by atoms with Crippen molar-refractivity contribution in [2.75, 3.05) is 10.6 Å². The van der Waals surface area contributed by atoms with Crippen molar-refractivity contribution >= 4 is 23.5 Å². The van der Waals surface area contributed by atoms with Crippen LogP contribution in [0.4, 0.5) is 11.5 Å². The van der Waals surface area contributed by atoms with Gasteiger partial charge in [0.15, 0.2) is 5.69 Å². The Morgan fingerprint density at radius 3 is 2.36 bits per heavy atom. The number of aromatic amines is 1. The van der Waals surface area contributed by atoms with Gasteiger partial charge in [-0.05, 0) is 29.3 Å². The molecule has 0 aliphatic heterocycles. The van der Waals surface area contributed by atoms with Gasteiger partial charge in [0, 0.05) is 6.08 Å². The van der Waals surface area contributed by atoms with Crippen molar-refractivity contribution in [2.24, 2.45) is 0 Å². The number of carbonyl (C=O) groups is 1. The van der Waals surface area contributed by atoms with Crippen LogP contribution in [0, 0.1) is 0 Å². The quantitative estimate of drug-likeness (QED) is 0.427. The number of H-pyrrole nitrogens is 1. The molecule has 8 nitrogen and oxygen atoms in total. The molecule has 4 rings (SSSR count). The Morgan fingerprint density at radius 2 is 1.70 bits per heavy atom. The zero-order chi connectivity index (χ0) is 23.2. The predicted octanol–water partition coefficient (Wildman–Crippen LogP) is 3.01. The molecule has 2 aromatic heterocycles. The van der Waals surface area contributed by atoms with E-state index in [1.54, 1.807) is 18.2 Å². The second kappa shape index (κ2) is 9.69. The van der Waals surface area contributed by atoms with Crippen LogP contribution in [0.15, 0.2) is 99.1 Å². The number of aromatic nitrogens is 2. The molecule has 0 radical (unpaired) electrons. The number of nitrogens with one attached hydrogen (secondary N) is 1. The molecule has 0 aliphatic rings. The topological polar surface area (TPSA) is 114 Å². The first-order valence-corrected chi connectivity index (χ1v) is 10.3. The number of anilines is 2. The largest absolute Gasteiger partial charge is 0.467 e. The summed E-state index contributed by atoms with van der Waals surface area (Å²) in [5, 5.41) is 0. The van der Waals surface area contributed by atoms with E-state index >= 15 is 0 Å². The van der Waals surface area contributed by atoms with Gasteiger partial charge in [-0.25, -0.2) is 4.79 Å². The van der Waals surface area contributed by atoms with E-state index in [2.05, 4.69) is 4.98 Å². The third kappa shape index (κ3) is 5.01. The van der Waals surface area contributed by atoms with E-state index in [1.165, 1.54) is 21.8 Å². The van der Waals surface area contributed by atoms with Crippen LogP contribution in [0.1, 0.15) is 16.9 Å². The van der Waals surface area contributed by atoms with Gasteiger partial charge in [-0.15, -0.1) is 0 Å². The van der Waals surface area contributed by atoms with E-state index in [1.807, 2.05) is 60.7 Å². The normalized spacial score (nSPS) is 11.0. The zero-order valence-corrected chi connectivity index (χ0v) is 17.7. The zero-order valence-electron chi connectivity index (χ0n) is 17.7. The Balaban J connectivity index is 1.76. The molecule has 0 unspecified atom stereocenters. The summed E-state index contributed by atoms with van der Waals surface area (Å²) in [6.07, 6.45) is 4.47. The second-order valence-electron chi connectivity index (χ2n) is 7.31. The van der Waals surface area contributed by atoms with Crippen molar-refractivity contribution in [1.82, 2.24) is 9.55 Å². The van der Waals surface area contributed by atoms with Crippen LogP contribution in [0.5, 0.6) is 0 Å². The van der Waals surface area contributed by atoms with Crippen molar-refractivity contribution in [3.05, 3.63) is 123 Å². The number of hydrogen-bond donors (Lipinski definition) is 2. The van der Waals surface area contributed by atoms with Gasteiger partial charge < -0.3 is 10.2 Å². The van der Waals surface area contributed by atoms with Gasteiger partial charge in [0.25, 0.3) is 11.5 Å². The molecule has 1 amide bonds. The summed E-state index contributed by atoms with van der Waals surface area (Å²) in [6, 6.07) is 21.9. The molecule has 0 saturated carbocycles. The minimum Gasteiger partial charge on any atom is -0.467 e. The molecular formula is C25H22N4O4. The SMILES string of the molecule is Nc1c(N(Cc2ccco2)C(=O)/C=C\c2ccccc2)c(=O)[nH]c(=O)n1Cc1ccccc1. The molecule has 2 aromatic carbocycles. The maximum absolute atomic E-state index is 13.2. The molecule has 0 atom stereocenters. The molecule has 0 saturated heterocycles. The number of carbonyl (C=O) groups excluding carboxylic acids is 1. The lowest BCUT2D eigenvalue weighted by atomic mass is 10.2. The van der Waals surface area contributed by atoms with Gasteiger partial charge in [-0.2, -0.15) is 0 Å². The summed E-state index contributed by atoms with van der Waals surface area (Å²) in [5.41, 5.74) is 6.41. The Bertz CT molecular complexity index is 1370. The number of nitrogens with zero attached hydrogens (tertiary/aromatic N) is 2. The summed E-state index contributed by atoms with van der Waals surface area (Å²) in [6.45, 7) is 0.0969. The van der Waals surface area contributed by atoms with Crippen LogP contribution in [0.3, 0.4) is 0 Å². The summed E-state index contributed by atoms with van der Waals surface area (Å²) >= 11 is 0. The van der Waals surface area contributed by atoms with Crippen molar-refractivity contribution < 1.29 is 9.21 Å². The Kier molecular flexibility index (Phi) is 6.36. The van der Waals surface area contributed by atoms with Crippen molar-refractivity contribution in [3.63, 3.8) is 0 Å². The van der Waals surface area contributed by atoms with E-state index < -0.39 is 17.2 Å². The van der Waals surface area contributed by atoms with Gasteiger partial charge in [-0.1, -0.05) is 60.7 Å². The van der Waals surface area contributed by atoms with E-state index in [0.717, 1.165) is 11.1 Å². The maximum Gasteiger partial charge on any atom is 0.330 e. The van der Waals surface area contributed by atoms with E-state index in [9.17, 15) is 14.4 Å². The second-order valence-corrected chi connectivity index (χ2v) is 7.31. The first-order chi connectivity index (χ1) is 16.0. The first-order valence-electron chi connectivity index (χ1n) is 10.3. The predicted molar refractivity (Wildman–Crippen MR) is 127 cm³/mol. The first kappa shape index (κ1) is 21.6. The molecule has 0 spiro atoms. The maximum atomic E-state index is 13.2. The number of nitrogens with two attached hydrogens (primary N) is 1. The summed E-state index contributed by atoms with van der Waals surface area (Å²) < 4.78 is 6.62. The van der Waals surface area contributed by atoms with Crippen molar-refractivity contribution in [1.29, 1.82) is 0 Å². The Hall–Kier alpha value is -4.59. The molecule has 33 heavy (non-hydrogen) atoms. The molecule has 0 aliphatic carbocycles. The van der Waals surface area contributed by atoms with Crippen LogP contribution in [0.2, 0.25) is 0 Å². The lowest BCUT2D eigenvalue weighted by molar-refractivity contribution is -0.114. The molecule has 3 N–H and O–H groups in total. The van der Waals surface area contributed by atoms with Crippen molar-refractivity contribution in [2.45, 2.75) is 13.1 Å². The number of rotatable bonds is 7. The average molecular weight is 442 g/mol. The van der Waals surface area contributed by atoms with E-state index in [0.29, 0.717) is 5.76 Å². The number of amides is 1. The molecule has 2 heterocycles. The van der Waals surface area contributed by atoms with Gasteiger partial charge in [0.05, 0.1) is 19.4 Å². The summed E-state index contributed by atoms with van der Waals surface area (Å²) in [5.74, 6) is -0.144. The van der Waals surface area contributed by atoms with E-state index in [-0.39, 0.29) is 24.6 Å². The third-order valence-corrected chi connectivity index (χ3v) is 5.05. The van der Waals surface area contributed by atoms with Gasteiger partial charge in [0.1, 0.15) is 11.6 Å². The standard InChI is InChI=1S/C25H22N4O4/c26-23-22(24(31)27-25(32)29(23)16-19-10-5-2-6-11-19)28(17-20-12-7-15-33-20)21(30)14-13-18-8-3-1-4-9-18/h1-15H,16-17,26H2,(H,27,31,32)/b14-13-. The summed E-state index contributed by atoms with van der Waals surface area (Å²) in [7, 11) is 0. The van der Waals surface area contributed by atoms with Crippen LogP contribution in [-0.2, 0) is 17.9 Å². The third-order valence-electron chi connectivity index (χ3n) is 5.05. The molecule has 4 aromatic rings. The van der Waals surface area contributed by atoms with E-state index in [4.69, 9.17) is 10.2 Å². The molecular weight excluding hydrogens is 420 g/mol.